The van der Waals surface area contributed by atoms with Crippen LogP contribution in [0.5, 0.6) is 11.6 Å². The Kier molecular flexibility index (Phi) is 4.71. The van der Waals surface area contributed by atoms with Crippen LogP contribution >= 0.6 is 0 Å². The molecule has 1 aromatic heterocycles. The van der Waals surface area contributed by atoms with Gasteiger partial charge in [-0.2, -0.15) is 0 Å². The first-order valence-corrected chi connectivity index (χ1v) is 6.50. The number of carbonyl (C=O) groups is 1. The molecular formula is C15H16FN3O2. The zero-order valence-electron chi connectivity index (χ0n) is 11.8. The molecule has 5 nitrogen and oxygen atoms in total. The van der Waals surface area contributed by atoms with Crippen molar-refractivity contribution < 1.29 is 13.9 Å². The number of anilines is 1. The van der Waals surface area contributed by atoms with E-state index in [-0.39, 0.29) is 23.7 Å². The molecule has 0 radical (unpaired) electrons. The standard InChI is InChI=1S/C15H16FN3O2/c1-10(2)18-15(20)19-11-7-8-14(17-9-11)21-13-6-4-3-5-12(13)16/h3-10H,1-2H3,(H2,18,19,20). The Morgan fingerprint density at radius 1 is 1.24 bits per heavy atom. The number of halogens is 1. The van der Waals surface area contributed by atoms with E-state index < -0.39 is 5.82 Å². The molecule has 0 aliphatic carbocycles. The smallest absolute Gasteiger partial charge is 0.319 e. The molecule has 0 aliphatic rings. The van der Waals surface area contributed by atoms with Crippen LogP contribution in [0, 0.1) is 5.82 Å². The highest BCUT2D eigenvalue weighted by Crippen LogP contribution is 2.22. The van der Waals surface area contributed by atoms with Crippen molar-refractivity contribution in [2.75, 3.05) is 5.32 Å². The highest BCUT2D eigenvalue weighted by Gasteiger charge is 2.06. The van der Waals surface area contributed by atoms with Gasteiger partial charge in [0, 0.05) is 12.1 Å². The molecule has 0 aliphatic heterocycles. The summed E-state index contributed by atoms with van der Waals surface area (Å²) in [5, 5.41) is 5.33. The van der Waals surface area contributed by atoms with Crippen LogP contribution in [0.4, 0.5) is 14.9 Å². The van der Waals surface area contributed by atoms with Gasteiger partial charge >= 0.3 is 6.03 Å². The van der Waals surface area contributed by atoms with E-state index in [2.05, 4.69) is 15.6 Å². The number of nitrogens with zero attached hydrogens (tertiary/aromatic N) is 1. The van der Waals surface area contributed by atoms with E-state index in [4.69, 9.17) is 4.74 Å². The predicted molar refractivity (Wildman–Crippen MR) is 78.0 cm³/mol. The summed E-state index contributed by atoms with van der Waals surface area (Å²) in [5.74, 6) is -0.115. The van der Waals surface area contributed by atoms with Crippen molar-refractivity contribution in [1.29, 1.82) is 0 Å². The average Bonchev–Trinajstić information content (AvgIpc) is 2.42. The molecule has 2 amide bonds. The van der Waals surface area contributed by atoms with Crippen LogP contribution in [0.25, 0.3) is 0 Å². The Labute approximate surface area is 122 Å². The summed E-state index contributed by atoms with van der Waals surface area (Å²) in [4.78, 5) is 15.5. The number of hydrogen-bond acceptors (Lipinski definition) is 3. The van der Waals surface area contributed by atoms with Crippen LogP contribution < -0.4 is 15.4 Å². The Balaban J connectivity index is 1.99. The maximum atomic E-state index is 13.4. The number of para-hydroxylation sites is 1. The summed E-state index contributed by atoms with van der Waals surface area (Å²) in [5.41, 5.74) is 0.522. The number of amides is 2. The molecule has 0 spiro atoms. The maximum Gasteiger partial charge on any atom is 0.319 e. The summed E-state index contributed by atoms with van der Waals surface area (Å²) in [6.45, 7) is 3.73. The number of nitrogens with one attached hydrogen (secondary N) is 2. The van der Waals surface area contributed by atoms with Gasteiger partial charge in [0.2, 0.25) is 5.88 Å². The minimum absolute atomic E-state index is 0.0432. The lowest BCUT2D eigenvalue weighted by Crippen LogP contribution is -2.34. The molecule has 0 saturated heterocycles. The van der Waals surface area contributed by atoms with Gasteiger partial charge in [-0.15, -0.1) is 0 Å². The van der Waals surface area contributed by atoms with Gasteiger partial charge in [0.25, 0.3) is 0 Å². The molecule has 2 aromatic rings. The third kappa shape index (κ3) is 4.45. The number of aromatic nitrogens is 1. The number of urea groups is 1. The van der Waals surface area contributed by atoms with Crippen LogP contribution in [0.2, 0.25) is 0 Å². The first-order chi connectivity index (χ1) is 10.0. The Morgan fingerprint density at radius 3 is 2.62 bits per heavy atom. The van der Waals surface area contributed by atoms with Crippen LogP contribution in [-0.2, 0) is 0 Å². The fraction of sp³-hybridized carbons (Fsp3) is 0.200. The van der Waals surface area contributed by atoms with Crippen molar-refractivity contribution in [3.05, 3.63) is 48.4 Å². The quantitative estimate of drug-likeness (QED) is 0.904. The predicted octanol–water partition coefficient (Wildman–Crippen LogP) is 3.54. The topological polar surface area (TPSA) is 63.2 Å². The Morgan fingerprint density at radius 2 is 2.00 bits per heavy atom. The summed E-state index contributed by atoms with van der Waals surface area (Å²) < 4.78 is 18.7. The van der Waals surface area contributed by atoms with Crippen molar-refractivity contribution in [1.82, 2.24) is 10.3 Å². The molecule has 0 atom stereocenters. The molecule has 21 heavy (non-hydrogen) atoms. The van der Waals surface area contributed by atoms with Gasteiger partial charge in [0.15, 0.2) is 11.6 Å². The first kappa shape index (κ1) is 14.8. The van der Waals surface area contributed by atoms with Crippen molar-refractivity contribution in [3.63, 3.8) is 0 Å². The molecule has 6 heteroatoms. The number of hydrogen-bond donors (Lipinski definition) is 2. The molecule has 2 N–H and O–H groups in total. The third-order valence-electron chi connectivity index (χ3n) is 2.47. The molecular weight excluding hydrogens is 273 g/mol. The molecule has 0 fully saturated rings. The highest BCUT2D eigenvalue weighted by molar-refractivity contribution is 5.89. The minimum atomic E-state index is -0.460. The Hall–Kier alpha value is -2.63. The van der Waals surface area contributed by atoms with Gasteiger partial charge in [-0.1, -0.05) is 12.1 Å². The second-order valence-corrected chi connectivity index (χ2v) is 4.67. The highest BCUT2D eigenvalue weighted by atomic mass is 19.1. The zero-order valence-corrected chi connectivity index (χ0v) is 11.8. The lowest BCUT2D eigenvalue weighted by molar-refractivity contribution is 0.250. The largest absolute Gasteiger partial charge is 0.436 e. The van der Waals surface area contributed by atoms with Crippen molar-refractivity contribution in [2.45, 2.75) is 19.9 Å². The van der Waals surface area contributed by atoms with E-state index >= 15 is 0 Å². The minimum Gasteiger partial charge on any atom is -0.436 e. The van der Waals surface area contributed by atoms with E-state index in [1.165, 1.54) is 18.3 Å². The zero-order chi connectivity index (χ0) is 15.2. The number of carbonyl (C=O) groups excluding carboxylic acids is 1. The average molecular weight is 289 g/mol. The Bertz CT molecular complexity index is 615. The van der Waals surface area contributed by atoms with E-state index in [0.29, 0.717) is 5.69 Å². The summed E-state index contributed by atoms with van der Waals surface area (Å²) in [6, 6.07) is 8.98. The summed E-state index contributed by atoms with van der Waals surface area (Å²) in [6.07, 6.45) is 1.44. The van der Waals surface area contributed by atoms with Gasteiger partial charge in [0.05, 0.1) is 11.9 Å². The molecule has 0 bridgehead atoms. The SMILES string of the molecule is CC(C)NC(=O)Nc1ccc(Oc2ccccc2F)nc1. The van der Waals surface area contributed by atoms with Gasteiger partial charge in [-0.3, -0.25) is 0 Å². The van der Waals surface area contributed by atoms with Gasteiger partial charge in [0.1, 0.15) is 0 Å². The molecule has 1 aromatic carbocycles. The second kappa shape index (κ2) is 6.69. The molecule has 0 saturated carbocycles. The van der Waals surface area contributed by atoms with E-state index in [9.17, 15) is 9.18 Å². The van der Waals surface area contributed by atoms with E-state index in [1.54, 1.807) is 24.3 Å². The first-order valence-electron chi connectivity index (χ1n) is 6.50. The maximum absolute atomic E-state index is 13.4. The molecule has 2 rings (SSSR count). The van der Waals surface area contributed by atoms with Gasteiger partial charge < -0.3 is 15.4 Å². The monoisotopic (exact) mass is 289 g/mol. The van der Waals surface area contributed by atoms with Crippen LogP contribution in [-0.4, -0.2) is 17.1 Å². The normalized spacial score (nSPS) is 10.3. The molecule has 110 valence electrons. The van der Waals surface area contributed by atoms with Crippen LogP contribution in [0.1, 0.15) is 13.8 Å². The second-order valence-electron chi connectivity index (χ2n) is 4.67. The number of pyridine rings is 1. The number of ether oxygens (including phenoxy) is 1. The lowest BCUT2D eigenvalue weighted by Gasteiger charge is -2.10. The van der Waals surface area contributed by atoms with Crippen molar-refractivity contribution in [3.8, 4) is 11.6 Å². The molecule has 1 heterocycles. The van der Waals surface area contributed by atoms with Crippen LogP contribution in [0.15, 0.2) is 42.6 Å². The third-order valence-corrected chi connectivity index (χ3v) is 2.47. The van der Waals surface area contributed by atoms with Crippen molar-refractivity contribution >= 4 is 11.7 Å². The molecule has 0 unspecified atom stereocenters. The number of benzene rings is 1. The lowest BCUT2D eigenvalue weighted by atomic mass is 10.3. The number of rotatable bonds is 4. The van der Waals surface area contributed by atoms with Crippen LogP contribution in [0.3, 0.4) is 0 Å². The fourth-order valence-corrected chi connectivity index (χ4v) is 1.58. The van der Waals surface area contributed by atoms with E-state index in [0.717, 1.165) is 0 Å². The van der Waals surface area contributed by atoms with Gasteiger partial charge in [-0.05, 0) is 32.0 Å². The summed E-state index contributed by atoms with van der Waals surface area (Å²) in [7, 11) is 0. The van der Waals surface area contributed by atoms with Crippen molar-refractivity contribution in [2.24, 2.45) is 0 Å². The fourth-order valence-electron chi connectivity index (χ4n) is 1.58. The van der Waals surface area contributed by atoms with E-state index in [1.807, 2.05) is 13.8 Å². The van der Waals surface area contributed by atoms with Gasteiger partial charge in [-0.25, -0.2) is 14.2 Å². The summed E-state index contributed by atoms with van der Waals surface area (Å²) >= 11 is 0.